The molecule has 10 heteroatoms. The van der Waals surface area contributed by atoms with Crippen molar-refractivity contribution in [2.75, 3.05) is 27.4 Å². The van der Waals surface area contributed by atoms with Gasteiger partial charge in [-0.1, -0.05) is 17.7 Å². The summed E-state index contributed by atoms with van der Waals surface area (Å²) in [5, 5.41) is 13.7. The molecule has 2 rings (SSSR count). The molecule has 0 bridgehead atoms. The molecule has 0 aromatic heterocycles. The maximum absolute atomic E-state index is 12.5. The highest BCUT2D eigenvalue weighted by Crippen LogP contribution is 2.34. The van der Waals surface area contributed by atoms with Crippen LogP contribution in [0.25, 0.3) is 0 Å². The number of esters is 1. The molecule has 1 aromatic rings. The molecule has 1 aliphatic rings. The fourth-order valence-electron chi connectivity index (χ4n) is 2.49. The van der Waals surface area contributed by atoms with E-state index in [-0.39, 0.29) is 29.5 Å². The zero-order valence-electron chi connectivity index (χ0n) is 14.4. The van der Waals surface area contributed by atoms with Gasteiger partial charge < -0.3 is 19.7 Å². The normalized spacial score (nSPS) is 17.2. The summed E-state index contributed by atoms with van der Waals surface area (Å²) in [6.07, 6.45) is 0. The summed E-state index contributed by atoms with van der Waals surface area (Å²) < 4.78 is 10.0. The van der Waals surface area contributed by atoms with Crippen LogP contribution >= 0.6 is 11.6 Å². The molecule has 0 saturated heterocycles. The number of carbonyl (C=O) groups is 2. The van der Waals surface area contributed by atoms with Gasteiger partial charge in [0.15, 0.2) is 0 Å². The van der Waals surface area contributed by atoms with Gasteiger partial charge in [-0.3, -0.25) is 10.1 Å². The Balaban J connectivity index is 2.47. The summed E-state index contributed by atoms with van der Waals surface area (Å²) in [4.78, 5) is 36.5. The number of methoxy groups -OCH3 is 1. The van der Waals surface area contributed by atoms with Crippen LogP contribution in [0.15, 0.2) is 29.5 Å². The first-order valence-corrected chi connectivity index (χ1v) is 8.00. The minimum Gasteiger partial charge on any atom is -0.460 e. The Bertz CT molecular complexity index is 779. The van der Waals surface area contributed by atoms with Crippen LogP contribution in [0, 0.1) is 10.1 Å². The van der Waals surface area contributed by atoms with Crippen LogP contribution in [0.4, 0.5) is 10.5 Å². The average Bonchev–Trinajstić information content (AvgIpc) is 2.59. The molecule has 9 nitrogen and oxygen atoms in total. The molecular formula is C16H18ClN3O6. The second kappa shape index (κ2) is 8.15. The van der Waals surface area contributed by atoms with Gasteiger partial charge in [-0.2, -0.15) is 0 Å². The van der Waals surface area contributed by atoms with Crippen LogP contribution in [0.5, 0.6) is 0 Å². The number of nitro groups is 1. The van der Waals surface area contributed by atoms with Crippen LogP contribution < -0.4 is 5.32 Å². The van der Waals surface area contributed by atoms with Crippen molar-refractivity contribution < 1.29 is 24.0 Å². The number of nitrogens with one attached hydrogen (secondary N) is 1. The summed E-state index contributed by atoms with van der Waals surface area (Å²) in [6.45, 7) is 1.86. The lowest BCUT2D eigenvalue weighted by Gasteiger charge is -2.33. The molecule has 1 aliphatic heterocycles. The molecule has 1 heterocycles. The average molecular weight is 384 g/mol. The predicted molar refractivity (Wildman–Crippen MR) is 92.7 cm³/mol. The third kappa shape index (κ3) is 3.94. The van der Waals surface area contributed by atoms with E-state index in [2.05, 4.69) is 5.32 Å². The number of halogens is 1. The van der Waals surface area contributed by atoms with Crippen molar-refractivity contribution in [1.82, 2.24) is 10.2 Å². The minimum atomic E-state index is -0.898. The lowest BCUT2D eigenvalue weighted by molar-refractivity contribution is -0.384. The summed E-state index contributed by atoms with van der Waals surface area (Å²) in [6, 6.07) is 2.75. The number of amides is 2. The van der Waals surface area contributed by atoms with E-state index in [4.69, 9.17) is 21.1 Å². The molecule has 0 fully saturated rings. The quantitative estimate of drug-likeness (QED) is 0.349. The summed E-state index contributed by atoms with van der Waals surface area (Å²) in [5.74, 6) is -0.644. The van der Waals surface area contributed by atoms with Crippen molar-refractivity contribution in [3.05, 3.63) is 50.2 Å². The number of hydrogen-bond donors (Lipinski definition) is 1. The molecule has 140 valence electrons. The number of allylic oxidation sites excluding steroid dienone is 1. The number of ether oxygens (including phenoxy) is 2. The topological polar surface area (TPSA) is 111 Å². The fourth-order valence-corrected chi connectivity index (χ4v) is 2.68. The Morgan fingerprint density at radius 2 is 2.12 bits per heavy atom. The van der Waals surface area contributed by atoms with Gasteiger partial charge in [0.05, 0.1) is 23.1 Å². The van der Waals surface area contributed by atoms with Crippen molar-refractivity contribution in [3.63, 3.8) is 0 Å². The van der Waals surface area contributed by atoms with Crippen LogP contribution in [0.3, 0.4) is 0 Å². The van der Waals surface area contributed by atoms with Crippen LogP contribution in [0.1, 0.15) is 18.5 Å². The van der Waals surface area contributed by atoms with Gasteiger partial charge in [0.1, 0.15) is 11.6 Å². The Hall–Kier alpha value is -2.65. The van der Waals surface area contributed by atoms with Gasteiger partial charge >= 0.3 is 12.0 Å². The van der Waals surface area contributed by atoms with Crippen molar-refractivity contribution in [3.8, 4) is 0 Å². The number of benzene rings is 1. The van der Waals surface area contributed by atoms with E-state index in [1.54, 1.807) is 6.92 Å². The maximum atomic E-state index is 12.5. The molecule has 26 heavy (non-hydrogen) atoms. The van der Waals surface area contributed by atoms with E-state index in [9.17, 15) is 19.7 Å². The molecule has 0 aliphatic carbocycles. The summed E-state index contributed by atoms with van der Waals surface area (Å²) in [7, 11) is 2.98. The van der Waals surface area contributed by atoms with Crippen molar-refractivity contribution in [2.45, 2.75) is 13.0 Å². The number of urea groups is 1. The first kappa shape index (κ1) is 19.7. The van der Waals surface area contributed by atoms with E-state index in [0.29, 0.717) is 11.3 Å². The summed E-state index contributed by atoms with van der Waals surface area (Å²) in [5.41, 5.74) is 0.598. The molecule has 0 saturated carbocycles. The third-order valence-electron chi connectivity index (χ3n) is 3.99. The zero-order chi connectivity index (χ0) is 19.4. The van der Waals surface area contributed by atoms with E-state index in [0.717, 1.165) is 0 Å². The first-order chi connectivity index (χ1) is 12.3. The monoisotopic (exact) mass is 383 g/mol. The number of carbonyl (C=O) groups excluding carboxylic acids is 2. The number of nitro benzene ring substituents is 1. The van der Waals surface area contributed by atoms with Gasteiger partial charge in [0, 0.05) is 25.9 Å². The first-order valence-electron chi connectivity index (χ1n) is 7.62. The van der Waals surface area contributed by atoms with Gasteiger partial charge in [-0.15, -0.1) is 0 Å². The largest absolute Gasteiger partial charge is 0.460 e. The van der Waals surface area contributed by atoms with Crippen LogP contribution in [-0.2, 0) is 14.3 Å². The molecule has 2 amide bonds. The predicted octanol–water partition coefficient (Wildman–Crippen LogP) is 2.41. The molecule has 1 unspecified atom stereocenters. The van der Waals surface area contributed by atoms with Gasteiger partial charge in [-0.05, 0) is 18.6 Å². The van der Waals surface area contributed by atoms with E-state index >= 15 is 0 Å². The Labute approximate surface area is 154 Å². The Kier molecular flexibility index (Phi) is 6.17. The smallest absolute Gasteiger partial charge is 0.338 e. The molecular weight excluding hydrogens is 366 g/mol. The maximum Gasteiger partial charge on any atom is 0.338 e. The highest BCUT2D eigenvalue weighted by Gasteiger charge is 2.35. The molecule has 0 radical (unpaired) electrons. The van der Waals surface area contributed by atoms with Crippen molar-refractivity contribution in [2.24, 2.45) is 0 Å². The van der Waals surface area contributed by atoms with E-state index < -0.39 is 23.0 Å². The number of hydrogen-bond acceptors (Lipinski definition) is 6. The summed E-state index contributed by atoms with van der Waals surface area (Å²) >= 11 is 5.84. The highest BCUT2D eigenvalue weighted by molar-refractivity contribution is 6.32. The van der Waals surface area contributed by atoms with E-state index in [1.807, 2.05) is 0 Å². The zero-order valence-corrected chi connectivity index (χ0v) is 15.2. The van der Waals surface area contributed by atoms with Crippen LogP contribution in [-0.4, -0.2) is 49.2 Å². The lowest BCUT2D eigenvalue weighted by Crippen LogP contribution is -2.46. The minimum absolute atomic E-state index is 0.0389. The SMILES string of the molecule is COCCOC(=O)C1=C(C)N(C)C(=O)NC1c1ccc(Cl)c([N+](=O)[O-])c1. The Morgan fingerprint density at radius 1 is 1.42 bits per heavy atom. The van der Waals surface area contributed by atoms with Crippen molar-refractivity contribution >= 4 is 29.3 Å². The molecule has 1 N–H and O–H groups in total. The standard InChI is InChI=1S/C16H18ClN3O6/c1-9-13(15(21)26-7-6-25-3)14(18-16(22)19(9)2)10-4-5-11(17)12(8-10)20(23)24/h4-5,8,14H,6-7H2,1-3H3,(H,18,22). The highest BCUT2D eigenvalue weighted by atomic mass is 35.5. The van der Waals surface area contributed by atoms with E-state index in [1.165, 1.54) is 37.3 Å². The molecule has 0 spiro atoms. The lowest BCUT2D eigenvalue weighted by atomic mass is 9.94. The Morgan fingerprint density at radius 3 is 2.73 bits per heavy atom. The second-order valence-electron chi connectivity index (χ2n) is 5.54. The van der Waals surface area contributed by atoms with Gasteiger partial charge in [0.25, 0.3) is 5.69 Å². The van der Waals surface area contributed by atoms with Gasteiger partial charge in [0.2, 0.25) is 0 Å². The molecule has 1 aromatic carbocycles. The van der Waals surface area contributed by atoms with Crippen molar-refractivity contribution in [1.29, 1.82) is 0 Å². The third-order valence-corrected chi connectivity index (χ3v) is 4.31. The van der Waals surface area contributed by atoms with Crippen LogP contribution in [0.2, 0.25) is 5.02 Å². The van der Waals surface area contributed by atoms with Gasteiger partial charge in [-0.25, -0.2) is 9.59 Å². The molecule has 1 atom stereocenters. The fraction of sp³-hybridized carbons (Fsp3) is 0.375. The number of nitrogens with zero attached hydrogens (tertiary/aromatic N) is 2. The number of rotatable bonds is 6. The second-order valence-corrected chi connectivity index (χ2v) is 5.94.